The summed E-state index contributed by atoms with van der Waals surface area (Å²) in [6.45, 7) is 0. The minimum absolute atomic E-state index is 0.616. The van der Waals surface area contributed by atoms with Crippen LogP contribution >= 0.6 is 11.3 Å². The van der Waals surface area contributed by atoms with Crippen LogP contribution < -0.4 is 0 Å². The molecule has 51 heavy (non-hydrogen) atoms. The van der Waals surface area contributed by atoms with Gasteiger partial charge in [-0.15, -0.1) is 11.3 Å². The minimum atomic E-state index is 0.616. The topological polar surface area (TPSA) is 56.7 Å². The van der Waals surface area contributed by atoms with Gasteiger partial charge in [0.05, 0.1) is 11.0 Å². The third-order valence-electron chi connectivity index (χ3n) is 9.85. The molecule has 0 spiro atoms. The van der Waals surface area contributed by atoms with Crippen molar-refractivity contribution in [2.75, 3.05) is 0 Å². The Morgan fingerprint density at radius 2 is 1.04 bits per heavy atom. The Kier molecular flexibility index (Phi) is 6.05. The van der Waals surface area contributed by atoms with Gasteiger partial charge in [0, 0.05) is 64.1 Å². The Bertz CT molecular complexity index is 3140. The van der Waals surface area contributed by atoms with Gasteiger partial charge in [0.15, 0.2) is 23.1 Å². The summed E-state index contributed by atoms with van der Waals surface area (Å²) in [6.07, 6.45) is 0. The number of nitrogens with zero attached hydrogens (tertiary/aromatic N) is 4. The van der Waals surface area contributed by atoms with Gasteiger partial charge >= 0.3 is 0 Å². The highest BCUT2D eigenvalue weighted by Gasteiger charge is 2.20. The number of furan rings is 1. The number of thiophene rings is 1. The summed E-state index contributed by atoms with van der Waals surface area (Å²) < 4.78 is 11.6. The van der Waals surface area contributed by atoms with E-state index in [1.807, 2.05) is 42.5 Å². The average molecular weight is 671 g/mol. The zero-order valence-electron chi connectivity index (χ0n) is 27.1. The van der Waals surface area contributed by atoms with Gasteiger partial charge in [0.2, 0.25) is 0 Å². The van der Waals surface area contributed by atoms with Crippen LogP contribution in [-0.2, 0) is 0 Å². The van der Waals surface area contributed by atoms with Crippen LogP contribution in [0.3, 0.4) is 0 Å². The maximum Gasteiger partial charge on any atom is 0.164 e. The summed E-state index contributed by atoms with van der Waals surface area (Å²) >= 11 is 1.81. The number of hydrogen-bond donors (Lipinski definition) is 0. The van der Waals surface area contributed by atoms with Gasteiger partial charge in [-0.05, 0) is 66.7 Å². The molecule has 0 fully saturated rings. The number of para-hydroxylation sites is 2. The predicted octanol–water partition coefficient (Wildman–Crippen LogP) is 12.2. The molecule has 4 aromatic heterocycles. The van der Waals surface area contributed by atoms with E-state index in [-0.39, 0.29) is 0 Å². The fourth-order valence-corrected chi connectivity index (χ4v) is 8.57. The van der Waals surface area contributed by atoms with Gasteiger partial charge < -0.3 is 8.98 Å². The second-order valence-corrected chi connectivity index (χ2v) is 13.9. The van der Waals surface area contributed by atoms with Crippen molar-refractivity contribution in [3.05, 3.63) is 158 Å². The minimum Gasteiger partial charge on any atom is -0.454 e. The van der Waals surface area contributed by atoms with Crippen molar-refractivity contribution in [2.24, 2.45) is 0 Å². The molecule has 0 saturated heterocycles. The van der Waals surface area contributed by atoms with Gasteiger partial charge in [-0.25, -0.2) is 15.0 Å². The van der Waals surface area contributed by atoms with Crippen LogP contribution in [0, 0.1) is 0 Å². The summed E-state index contributed by atoms with van der Waals surface area (Å²) in [7, 11) is 0. The van der Waals surface area contributed by atoms with Crippen molar-refractivity contribution in [2.45, 2.75) is 0 Å². The zero-order valence-corrected chi connectivity index (χ0v) is 27.9. The third kappa shape index (κ3) is 4.37. The lowest BCUT2D eigenvalue weighted by Gasteiger charge is -2.09. The van der Waals surface area contributed by atoms with Crippen LogP contribution in [0.5, 0.6) is 0 Å². The van der Waals surface area contributed by atoms with E-state index in [1.54, 1.807) is 11.3 Å². The third-order valence-corrected chi connectivity index (χ3v) is 11.0. The molecule has 4 heterocycles. The van der Waals surface area contributed by atoms with Gasteiger partial charge in [-0.2, -0.15) is 0 Å². The second-order valence-electron chi connectivity index (χ2n) is 12.8. The molecular formula is C45H26N4OS. The fraction of sp³-hybridized carbons (Fsp3) is 0. The highest BCUT2D eigenvalue weighted by atomic mass is 32.1. The van der Waals surface area contributed by atoms with Crippen LogP contribution in [0.4, 0.5) is 0 Å². The largest absolute Gasteiger partial charge is 0.454 e. The van der Waals surface area contributed by atoms with Crippen molar-refractivity contribution >= 4 is 75.3 Å². The van der Waals surface area contributed by atoms with Crippen molar-refractivity contribution in [1.82, 2.24) is 19.5 Å². The lowest BCUT2D eigenvalue weighted by atomic mass is 10.1. The Morgan fingerprint density at radius 3 is 1.84 bits per heavy atom. The van der Waals surface area contributed by atoms with Crippen LogP contribution in [0.2, 0.25) is 0 Å². The van der Waals surface area contributed by atoms with Crippen molar-refractivity contribution in [3.63, 3.8) is 0 Å². The summed E-state index contributed by atoms with van der Waals surface area (Å²) in [5.41, 5.74) is 7.77. The predicted molar refractivity (Wildman–Crippen MR) is 211 cm³/mol. The first kappa shape index (κ1) is 28.2. The first-order valence-corrected chi connectivity index (χ1v) is 17.8. The highest BCUT2D eigenvalue weighted by molar-refractivity contribution is 7.25. The molecule has 7 aromatic carbocycles. The van der Waals surface area contributed by atoms with Crippen LogP contribution in [0.25, 0.3) is 104 Å². The van der Waals surface area contributed by atoms with E-state index in [2.05, 4.69) is 120 Å². The molecular weight excluding hydrogens is 645 g/mol. The molecule has 11 aromatic rings. The maximum absolute atomic E-state index is 6.73. The number of aromatic nitrogens is 4. The normalized spacial score (nSPS) is 11.9. The smallest absolute Gasteiger partial charge is 0.164 e. The Morgan fingerprint density at radius 1 is 0.431 bits per heavy atom. The standard InChI is InChI=1S/C45H26N4OS/c1-3-11-27(12-4-1)43-46-44(48-45(47-43)29-20-24-40-36(26-29)32-16-8-10-18-39(32)51-40)28-19-23-38-35(25-28)34-22-21-33-31-15-7-9-17-37(31)49(41(33)42(34)50-38)30-13-5-2-6-14-30/h1-26H. The zero-order chi connectivity index (χ0) is 33.5. The molecule has 0 unspecified atom stereocenters. The first-order chi connectivity index (χ1) is 25.3. The van der Waals surface area contributed by atoms with Crippen molar-refractivity contribution < 1.29 is 4.42 Å². The van der Waals surface area contributed by atoms with Gasteiger partial charge in [-0.3, -0.25) is 0 Å². The molecule has 0 saturated carbocycles. The Labute approximate surface area is 295 Å². The first-order valence-electron chi connectivity index (χ1n) is 16.9. The molecule has 0 bridgehead atoms. The monoisotopic (exact) mass is 670 g/mol. The molecule has 0 aliphatic carbocycles. The summed E-state index contributed by atoms with van der Waals surface area (Å²) in [6, 6.07) is 54.9. The fourth-order valence-electron chi connectivity index (χ4n) is 7.48. The number of benzene rings is 7. The Hall–Kier alpha value is -6.63. The molecule has 5 nitrogen and oxygen atoms in total. The van der Waals surface area contributed by atoms with E-state index in [4.69, 9.17) is 19.4 Å². The average Bonchev–Trinajstić information content (AvgIpc) is 3.87. The molecule has 0 radical (unpaired) electrons. The summed E-state index contributed by atoms with van der Waals surface area (Å²) in [5.74, 6) is 1.89. The SMILES string of the molecule is c1ccc(-c2nc(-c3ccc4oc5c(ccc6c7ccccc7n(-c7ccccc7)c65)c4c3)nc(-c3ccc4sc5ccccc5c4c3)n2)cc1. The van der Waals surface area contributed by atoms with E-state index in [9.17, 15) is 0 Å². The maximum atomic E-state index is 6.73. The lowest BCUT2D eigenvalue weighted by molar-refractivity contribution is 0.671. The molecule has 0 N–H and O–H groups in total. The molecule has 238 valence electrons. The lowest BCUT2D eigenvalue weighted by Crippen LogP contribution is -2.00. The molecule has 0 aliphatic heterocycles. The van der Waals surface area contributed by atoms with E-state index >= 15 is 0 Å². The molecule has 6 heteroatoms. The summed E-state index contributed by atoms with van der Waals surface area (Å²) in [5, 5.41) is 6.87. The number of rotatable bonds is 4. The number of hydrogen-bond acceptors (Lipinski definition) is 5. The van der Waals surface area contributed by atoms with Crippen molar-refractivity contribution in [1.29, 1.82) is 0 Å². The quantitative estimate of drug-likeness (QED) is 0.187. The van der Waals surface area contributed by atoms with E-state index in [0.717, 1.165) is 60.7 Å². The van der Waals surface area contributed by atoms with Gasteiger partial charge in [-0.1, -0.05) is 91.0 Å². The second kappa shape index (κ2) is 10.9. The van der Waals surface area contributed by atoms with Crippen LogP contribution in [0.1, 0.15) is 0 Å². The van der Waals surface area contributed by atoms with Gasteiger partial charge in [0.1, 0.15) is 5.58 Å². The molecule has 0 aliphatic rings. The van der Waals surface area contributed by atoms with Crippen LogP contribution in [0.15, 0.2) is 162 Å². The van der Waals surface area contributed by atoms with E-state index < -0.39 is 0 Å². The van der Waals surface area contributed by atoms with E-state index in [0.29, 0.717) is 17.5 Å². The van der Waals surface area contributed by atoms with Gasteiger partial charge in [0.25, 0.3) is 0 Å². The molecule has 0 amide bonds. The molecule has 0 atom stereocenters. The Balaban J connectivity index is 1.13. The highest BCUT2D eigenvalue weighted by Crippen LogP contribution is 2.41. The van der Waals surface area contributed by atoms with Crippen molar-refractivity contribution in [3.8, 4) is 39.9 Å². The summed E-state index contributed by atoms with van der Waals surface area (Å²) in [4.78, 5) is 15.2. The number of fused-ring (bicyclic) bond motifs is 10. The molecule has 11 rings (SSSR count). The van der Waals surface area contributed by atoms with E-state index in [1.165, 1.54) is 25.6 Å². The van der Waals surface area contributed by atoms with Crippen LogP contribution in [-0.4, -0.2) is 19.5 Å².